The fraction of sp³-hybridized carbons (Fsp3) is 0.200. The number of fused-ring (bicyclic) bond motifs is 1. The van der Waals surface area contributed by atoms with E-state index >= 15 is 0 Å². The lowest BCUT2D eigenvalue weighted by molar-refractivity contribution is 0.550. The largest absolute Gasteiger partial charge is 0.459 e. The predicted octanol–water partition coefficient (Wildman–Crippen LogP) is 2.20. The summed E-state index contributed by atoms with van der Waals surface area (Å²) in [6, 6.07) is 8.08. The first-order valence-electron chi connectivity index (χ1n) is 3.99. The van der Waals surface area contributed by atoms with Gasteiger partial charge in [0, 0.05) is 5.39 Å². The highest BCUT2D eigenvalue weighted by molar-refractivity contribution is 5.80. The Balaban J connectivity index is 2.74. The summed E-state index contributed by atoms with van der Waals surface area (Å²) in [4.78, 5) is 0. The van der Waals surface area contributed by atoms with Gasteiger partial charge in [0.05, 0.1) is 6.54 Å². The van der Waals surface area contributed by atoms with Crippen LogP contribution in [-0.2, 0) is 6.54 Å². The van der Waals surface area contributed by atoms with E-state index in [1.165, 1.54) is 0 Å². The van der Waals surface area contributed by atoms with Crippen LogP contribution in [-0.4, -0.2) is 0 Å². The highest BCUT2D eigenvalue weighted by Crippen LogP contribution is 2.21. The maximum absolute atomic E-state index is 5.52. The van der Waals surface area contributed by atoms with Gasteiger partial charge in [0.25, 0.3) is 0 Å². The van der Waals surface area contributed by atoms with Crippen LogP contribution < -0.4 is 5.73 Å². The average molecular weight is 161 g/mol. The smallest absolute Gasteiger partial charge is 0.137 e. The molecular weight excluding hydrogens is 150 g/mol. The van der Waals surface area contributed by atoms with E-state index in [1.54, 1.807) is 0 Å². The molecule has 2 rings (SSSR count). The summed E-state index contributed by atoms with van der Waals surface area (Å²) in [5, 5.41) is 1.13. The van der Waals surface area contributed by atoms with Gasteiger partial charge in [-0.1, -0.05) is 18.2 Å². The van der Waals surface area contributed by atoms with E-state index in [9.17, 15) is 0 Å². The van der Waals surface area contributed by atoms with Gasteiger partial charge in [0.15, 0.2) is 0 Å². The zero-order valence-corrected chi connectivity index (χ0v) is 7.00. The van der Waals surface area contributed by atoms with Crippen LogP contribution in [0, 0.1) is 6.92 Å². The van der Waals surface area contributed by atoms with Crippen LogP contribution in [0.4, 0.5) is 0 Å². The molecule has 0 amide bonds. The quantitative estimate of drug-likeness (QED) is 0.696. The molecule has 0 atom stereocenters. The molecule has 1 aromatic heterocycles. The van der Waals surface area contributed by atoms with Crippen molar-refractivity contribution in [2.24, 2.45) is 5.73 Å². The lowest BCUT2D eigenvalue weighted by Gasteiger charge is -1.91. The molecule has 0 saturated carbocycles. The number of hydrogen-bond acceptors (Lipinski definition) is 2. The molecule has 1 aromatic carbocycles. The summed E-state index contributed by atoms with van der Waals surface area (Å²) >= 11 is 0. The van der Waals surface area contributed by atoms with Crippen LogP contribution in [0.2, 0.25) is 0 Å². The molecule has 62 valence electrons. The molecule has 0 radical (unpaired) electrons. The van der Waals surface area contributed by atoms with E-state index in [0.717, 1.165) is 22.3 Å². The third-order valence-corrected chi connectivity index (χ3v) is 1.99. The third kappa shape index (κ3) is 1.01. The summed E-state index contributed by atoms with van der Waals surface area (Å²) < 4.78 is 5.52. The van der Waals surface area contributed by atoms with E-state index in [1.807, 2.05) is 31.2 Å². The van der Waals surface area contributed by atoms with Gasteiger partial charge in [-0.2, -0.15) is 0 Å². The first-order chi connectivity index (χ1) is 5.81. The summed E-state index contributed by atoms with van der Waals surface area (Å²) in [5.41, 5.74) is 7.59. The van der Waals surface area contributed by atoms with Gasteiger partial charge < -0.3 is 10.2 Å². The van der Waals surface area contributed by atoms with E-state index in [2.05, 4.69) is 0 Å². The van der Waals surface area contributed by atoms with E-state index in [4.69, 9.17) is 10.2 Å². The number of nitrogens with two attached hydrogens (primary N) is 1. The van der Waals surface area contributed by atoms with Crippen molar-refractivity contribution in [3.8, 4) is 0 Å². The normalized spacial score (nSPS) is 10.8. The van der Waals surface area contributed by atoms with Gasteiger partial charge in [-0.3, -0.25) is 0 Å². The SMILES string of the molecule is Cc1cccc2cc(CN)oc12. The van der Waals surface area contributed by atoms with Crippen LogP contribution >= 0.6 is 0 Å². The molecule has 0 aliphatic heterocycles. The molecule has 0 aliphatic rings. The molecule has 12 heavy (non-hydrogen) atoms. The zero-order valence-electron chi connectivity index (χ0n) is 7.00. The fourth-order valence-electron chi connectivity index (χ4n) is 1.36. The summed E-state index contributed by atoms with van der Waals surface area (Å²) in [6.07, 6.45) is 0. The van der Waals surface area contributed by atoms with E-state index in [-0.39, 0.29) is 0 Å². The fourth-order valence-corrected chi connectivity index (χ4v) is 1.36. The van der Waals surface area contributed by atoms with Crippen molar-refractivity contribution in [2.45, 2.75) is 13.5 Å². The van der Waals surface area contributed by atoms with Gasteiger partial charge in [0.2, 0.25) is 0 Å². The van der Waals surface area contributed by atoms with Crippen molar-refractivity contribution in [3.05, 3.63) is 35.6 Å². The monoisotopic (exact) mass is 161 g/mol. The summed E-state index contributed by atoms with van der Waals surface area (Å²) in [5.74, 6) is 0.847. The zero-order chi connectivity index (χ0) is 8.55. The van der Waals surface area contributed by atoms with Crippen molar-refractivity contribution < 1.29 is 4.42 Å². The second-order valence-electron chi connectivity index (χ2n) is 2.91. The third-order valence-electron chi connectivity index (χ3n) is 1.99. The Kier molecular flexibility index (Phi) is 1.62. The number of para-hydroxylation sites is 1. The molecule has 0 spiro atoms. The lowest BCUT2D eigenvalue weighted by atomic mass is 10.2. The summed E-state index contributed by atoms with van der Waals surface area (Å²) in [6.45, 7) is 2.50. The van der Waals surface area contributed by atoms with Crippen molar-refractivity contribution >= 4 is 11.0 Å². The number of hydrogen-bond donors (Lipinski definition) is 1. The molecule has 0 saturated heterocycles. The lowest BCUT2D eigenvalue weighted by Crippen LogP contribution is -1.92. The molecule has 1 heterocycles. The minimum Gasteiger partial charge on any atom is -0.459 e. The van der Waals surface area contributed by atoms with Crippen LogP contribution in [0.1, 0.15) is 11.3 Å². The number of benzene rings is 1. The van der Waals surface area contributed by atoms with Crippen LogP contribution in [0.25, 0.3) is 11.0 Å². The molecule has 0 fully saturated rings. The van der Waals surface area contributed by atoms with Gasteiger partial charge in [-0.25, -0.2) is 0 Å². The van der Waals surface area contributed by atoms with E-state index in [0.29, 0.717) is 6.54 Å². The molecule has 2 nitrogen and oxygen atoms in total. The summed E-state index contributed by atoms with van der Waals surface area (Å²) in [7, 11) is 0. The van der Waals surface area contributed by atoms with Gasteiger partial charge >= 0.3 is 0 Å². The van der Waals surface area contributed by atoms with Crippen molar-refractivity contribution in [3.63, 3.8) is 0 Å². The number of rotatable bonds is 1. The molecule has 0 unspecified atom stereocenters. The second kappa shape index (κ2) is 2.64. The number of furan rings is 1. The highest BCUT2D eigenvalue weighted by atomic mass is 16.3. The van der Waals surface area contributed by atoms with Gasteiger partial charge in [-0.05, 0) is 18.6 Å². The Morgan fingerprint density at radius 1 is 1.42 bits per heavy atom. The Morgan fingerprint density at radius 3 is 2.92 bits per heavy atom. The molecule has 2 heteroatoms. The molecule has 0 bridgehead atoms. The Morgan fingerprint density at radius 2 is 2.25 bits per heavy atom. The maximum atomic E-state index is 5.52. The maximum Gasteiger partial charge on any atom is 0.137 e. The topological polar surface area (TPSA) is 39.2 Å². The average Bonchev–Trinajstić information content (AvgIpc) is 2.49. The minimum atomic E-state index is 0.466. The molecule has 0 aliphatic carbocycles. The van der Waals surface area contributed by atoms with Gasteiger partial charge in [0.1, 0.15) is 11.3 Å². The predicted molar refractivity (Wildman–Crippen MR) is 48.8 cm³/mol. The Hall–Kier alpha value is -1.28. The molecule has 2 N–H and O–H groups in total. The second-order valence-corrected chi connectivity index (χ2v) is 2.91. The van der Waals surface area contributed by atoms with Crippen LogP contribution in [0.3, 0.4) is 0 Å². The van der Waals surface area contributed by atoms with E-state index < -0.39 is 0 Å². The number of aryl methyl sites for hydroxylation is 1. The van der Waals surface area contributed by atoms with Gasteiger partial charge in [-0.15, -0.1) is 0 Å². The van der Waals surface area contributed by atoms with Crippen LogP contribution in [0.15, 0.2) is 28.7 Å². The van der Waals surface area contributed by atoms with Crippen molar-refractivity contribution in [1.29, 1.82) is 0 Å². The standard InChI is InChI=1S/C10H11NO/c1-7-3-2-4-8-5-9(6-11)12-10(7)8/h2-5H,6,11H2,1H3. The molecule has 2 aromatic rings. The Bertz CT molecular complexity index is 403. The van der Waals surface area contributed by atoms with Crippen molar-refractivity contribution in [2.75, 3.05) is 0 Å². The van der Waals surface area contributed by atoms with Crippen LogP contribution in [0.5, 0.6) is 0 Å². The van der Waals surface area contributed by atoms with Crippen molar-refractivity contribution in [1.82, 2.24) is 0 Å². The first-order valence-corrected chi connectivity index (χ1v) is 3.99. The highest BCUT2D eigenvalue weighted by Gasteiger charge is 2.02. The molecular formula is C10H11NO. The first kappa shape index (κ1) is 7.37. The minimum absolute atomic E-state index is 0.466. The Labute approximate surface area is 71.0 Å².